The standard InChI is InChI=1S/C100H160N4S4/c1-7-11-15-19-23-27-31-35-39-43-47-51-55-59-63-67-71-99(72-68-64-60-56-52-48-44-40-36-32-28-24-20-16-12-8-2)86-78-84-87(77-83(86)93-88(99)75-81(5)95-97(93)103-107-101-95)100(73-69-65-61-57-53-49-45-41-37-33-29-25-21-17-13-9-3,74-70-66-62-58-54-50-46-42-38-34-30-26-22-18-14-10-4)89-79-85(96-98(94(84)89)104-108-102-96)90-80-92-91(106-90)76-82(6)105-92/h75-80H,7-74H2,1-6H3. The minimum atomic E-state index is -0.124. The number of hydrogen-bond acceptors (Lipinski definition) is 8. The molecule has 0 radical (unpaired) electrons. The molecule has 108 heavy (non-hydrogen) atoms. The predicted octanol–water partition coefficient (Wildman–Crippen LogP) is 36.4. The third-order valence-corrected chi connectivity index (χ3v) is 29.7. The van der Waals surface area contributed by atoms with E-state index in [9.17, 15) is 0 Å². The summed E-state index contributed by atoms with van der Waals surface area (Å²) in [5.74, 6) is 0. The Bertz CT molecular complexity index is 3400. The van der Waals surface area contributed by atoms with Crippen LogP contribution in [0.3, 0.4) is 0 Å². The lowest BCUT2D eigenvalue weighted by atomic mass is 9.68. The fourth-order valence-electron chi connectivity index (χ4n) is 19.9. The van der Waals surface area contributed by atoms with Gasteiger partial charge < -0.3 is 0 Å². The molecule has 0 aliphatic heterocycles. The van der Waals surface area contributed by atoms with Crippen LogP contribution in [0.5, 0.6) is 0 Å². The molecule has 7 aromatic rings. The summed E-state index contributed by atoms with van der Waals surface area (Å²) in [6.45, 7) is 14.0. The average Bonchev–Trinajstić information content (AvgIpc) is 1.51. The summed E-state index contributed by atoms with van der Waals surface area (Å²) >= 11 is 6.86. The largest absolute Gasteiger partial charge is 0.173 e. The highest BCUT2D eigenvalue weighted by molar-refractivity contribution is 7.29. The molecular formula is C100H160N4S4. The summed E-state index contributed by atoms with van der Waals surface area (Å²) < 4.78 is 24.3. The zero-order valence-electron chi connectivity index (χ0n) is 71.0. The monoisotopic (exact) mass is 1550 g/mol. The highest BCUT2D eigenvalue weighted by Gasteiger charge is 2.50. The summed E-state index contributed by atoms with van der Waals surface area (Å²) in [5.41, 5.74) is 19.3. The quantitative estimate of drug-likeness (QED) is 0.0357. The molecule has 0 spiro atoms. The number of fused-ring (bicyclic) bond motifs is 11. The van der Waals surface area contributed by atoms with E-state index < -0.39 is 0 Å². The van der Waals surface area contributed by atoms with Gasteiger partial charge in [-0.15, -0.1) is 22.7 Å². The van der Waals surface area contributed by atoms with Gasteiger partial charge in [-0.25, -0.2) is 0 Å². The molecule has 9 rings (SSSR count). The molecule has 0 fully saturated rings. The van der Waals surface area contributed by atoms with E-state index in [0.29, 0.717) is 0 Å². The number of hydrogen-bond donors (Lipinski definition) is 0. The average molecular weight is 1550 g/mol. The summed E-state index contributed by atoms with van der Waals surface area (Å²) in [5, 5.41) is 0. The molecule has 8 heteroatoms. The SMILES string of the molecule is CCCCCCCCCCCCCCCCCCC1(CCCCCCCCCCCCCCCCCC)c2cc3c(cc2-c2c1cc(C)c1nsnc21)C(CCCCCCCCCCCCCCCCCC)(CCCCCCCCCCCCCCCCCC)c1cc(-c2cc4sc(C)cc4s2)c2nsnc2c1-3. The molecule has 2 aliphatic carbocycles. The molecule has 0 unspecified atom stereocenters. The van der Waals surface area contributed by atoms with Gasteiger partial charge in [0.1, 0.15) is 22.1 Å². The van der Waals surface area contributed by atoms with Crippen LogP contribution >= 0.6 is 46.1 Å². The summed E-state index contributed by atoms with van der Waals surface area (Å²) in [7, 11) is 0. The molecule has 0 bridgehead atoms. The molecule has 0 N–H and O–H groups in total. The fourth-order valence-corrected chi connectivity index (χ4v) is 23.4. The van der Waals surface area contributed by atoms with Crippen LogP contribution in [0.25, 0.3) is 64.2 Å². The molecule has 0 saturated carbocycles. The van der Waals surface area contributed by atoms with Crippen molar-refractivity contribution in [1.29, 1.82) is 0 Å². The van der Waals surface area contributed by atoms with Crippen LogP contribution in [0.15, 0.2) is 36.4 Å². The zero-order valence-corrected chi connectivity index (χ0v) is 74.2. The van der Waals surface area contributed by atoms with Crippen LogP contribution < -0.4 is 0 Å². The van der Waals surface area contributed by atoms with Gasteiger partial charge in [-0.3, -0.25) is 0 Å². The van der Waals surface area contributed by atoms with Crippen LogP contribution in [0.4, 0.5) is 0 Å². The van der Waals surface area contributed by atoms with Crippen molar-refractivity contribution in [2.45, 2.75) is 489 Å². The second-order valence-electron chi connectivity index (χ2n) is 35.4. The summed E-state index contributed by atoms with van der Waals surface area (Å²) in [6, 6.07) is 16.1. The second-order valence-corrected chi connectivity index (χ2v) is 38.8. The lowest BCUT2D eigenvalue weighted by Crippen LogP contribution is -2.27. The minimum Gasteiger partial charge on any atom is -0.173 e. The molecule has 2 aliphatic rings. The van der Waals surface area contributed by atoms with E-state index in [1.54, 1.807) is 22.3 Å². The van der Waals surface area contributed by atoms with Crippen LogP contribution in [-0.2, 0) is 10.8 Å². The number of thiophene rings is 2. The van der Waals surface area contributed by atoms with Gasteiger partial charge in [0.15, 0.2) is 0 Å². The van der Waals surface area contributed by atoms with E-state index in [4.69, 9.17) is 17.5 Å². The first-order valence-electron chi connectivity index (χ1n) is 47.6. The first kappa shape index (κ1) is 88.9. The van der Waals surface area contributed by atoms with Crippen LogP contribution in [0, 0.1) is 13.8 Å². The smallest absolute Gasteiger partial charge is 0.114 e. The Hall–Kier alpha value is -3.04. The molecule has 4 heterocycles. The number of rotatable bonds is 69. The highest BCUT2D eigenvalue weighted by Crippen LogP contribution is 2.64. The van der Waals surface area contributed by atoms with E-state index in [0.717, 1.165) is 11.0 Å². The van der Waals surface area contributed by atoms with Gasteiger partial charge >= 0.3 is 0 Å². The minimum absolute atomic E-state index is 0.0817. The number of aryl methyl sites for hydroxylation is 2. The first-order chi connectivity index (χ1) is 53.4. The van der Waals surface area contributed by atoms with Gasteiger partial charge in [0.2, 0.25) is 0 Å². The van der Waals surface area contributed by atoms with Crippen molar-refractivity contribution < 1.29 is 0 Å². The van der Waals surface area contributed by atoms with Crippen molar-refractivity contribution in [3.8, 4) is 32.7 Å². The maximum absolute atomic E-state index is 5.54. The van der Waals surface area contributed by atoms with E-state index >= 15 is 0 Å². The molecular weight excluding hydrogens is 1390 g/mol. The van der Waals surface area contributed by atoms with Gasteiger partial charge in [-0.05, 0) is 109 Å². The van der Waals surface area contributed by atoms with Crippen molar-refractivity contribution in [1.82, 2.24) is 17.5 Å². The Labute approximate surface area is 680 Å². The zero-order chi connectivity index (χ0) is 75.4. The normalized spacial score (nSPS) is 13.5. The number of nitrogens with zero attached hydrogens (tertiary/aromatic N) is 4. The lowest BCUT2D eigenvalue weighted by molar-refractivity contribution is 0.393. The molecule has 0 amide bonds. The van der Waals surface area contributed by atoms with Crippen molar-refractivity contribution in [2.75, 3.05) is 0 Å². The Morgan fingerprint density at radius 1 is 0.231 bits per heavy atom. The van der Waals surface area contributed by atoms with Gasteiger partial charge in [-0.1, -0.05) is 445 Å². The predicted molar refractivity (Wildman–Crippen MR) is 486 cm³/mol. The van der Waals surface area contributed by atoms with E-state index in [1.165, 1.54) is 524 Å². The lowest BCUT2D eigenvalue weighted by Gasteiger charge is -2.35. The van der Waals surface area contributed by atoms with Gasteiger partial charge in [0.05, 0.1) is 23.5 Å². The third-order valence-electron chi connectivity index (χ3n) is 26.5. The Morgan fingerprint density at radius 3 is 0.769 bits per heavy atom. The molecule has 0 saturated heterocycles. The molecule has 4 aromatic heterocycles. The van der Waals surface area contributed by atoms with Crippen molar-refractivity contribution in [3.05, 3.63) is 69.1 Å². The van der Waals surface area contributed by atoms with Crippen molar-refractivity contribution >= 4 is 77.6 Å². The summed E-state index contributed by atoms with van der Waals surface area (Å²) in [4.78, 5) is 2.77. The third kappa shape index (κ3) is 27.6. The molecule has 4 nitrogen and oxygen atoms in total. The first-order valence-corrected chi connectivity index (χ1v) is 50.7. The number of benzene rings is 3. The number of aromatic nitrogens is 4. The Balaban J connectivity index is 0.988. The van der Waals surface area contributed by atoms with Gasteiger partial charge in [-0.2, -0.15) is 17.5 Å². The van der Waals surface area contributed by atoms with E-state index in [2.05, 4.69) is 77.9 Å². The van der Waals surface area contributed by atoms with Crippen LogP contribution in [0.2, 0.25) is 0 Å². The molecule has 3 aromatic carbocycles. The maximum atomic E-state index is 5.54. The van der Waals surface area contributed by atoms with Crippen molar-refractivity contribution in [2.24, 2.45) is 0 Å². The van der Waals surface area contributed by atoms with Crippen LogP contribution in [0.1, 0.15) is 497 Å². The molecule has 0 atom stereocenters. The van der Waals surface area contributed by atoms with E-state index in [-0.39, 0.29) is 10.8 Å². The maximum Gasteiger partial charge on any atom is 0.114 e. The Morgan fingerprint density at radius 2 is 0.472 bits per heavy atom. The Kier molecular flexibility index (Phi) is 43.2. The fraction of sp³-hybridized carbons (Fsp3) is 0.760. The topological polar surface area (TPSA) is 51.6 Å². The van der Waals surface area contributed by atoms with Crippen LogP contribution in [-0.4, -0.2) is 17.5 Å². The molecule has 604 valence electrons. The van der Waals surface area contributed by atoms with Gasteiger partial charge in [0, 0.05) is 46.7 Å². The highest BCUT2D eigenvalue weighted by atomic mass is 32.1. The number of unbranched alkanes of at least 4 members (excludes halogenated alkanes) is 60. The van der Waals surface area contributed by atoms with Crippen molar-refractivity contribution in [3.63, 3.8) is 0 Å². The van der Waals surface area contributed by atoms with E-state index in [1.807, 2.05) is 22.7 Å². The second kappa shape index (κ2) is 52.4. The summed E-state index contributed by atoms with van der Waals surface area (Å²) in [6.07, 6.45) is 94.5. The van der Waals surface area contributed by atoms with Gasteiger partial charge in [0.25, 0.3) is 0 Å².